The highest BCUT2D eigenvalue weighted by Crippen LogP contribution is 2.32. The van der Waals surface area contributed by atoms with Crippen molar-refractivity contribution >= 4 is 11.3 Å². The second-order valence-electron chi connectivity index (χ2n) is 5.91. The predicted molar refractivity (Wildman–Crippen MR) is 98.2 cm³/mol. The van der Waals surface area contributed by atoms with E-state index in [1.807, 2.05) is 24.3 Å². The summed E-state index contributed by atoms with van der Waals surface area (Å²) in [6, 6.07) is 13.2. The second kappa shape index (κ2) is 8.06. The van der Waals surface area contributed by atoms with Gasteiger partial charge in [-0.25, -0.2) is 0 Å². The molecule has 0 N–H and O–H groups in total. The summed E-state index contributed by atoms with van der Waals surface area (Å²) in [4.78, 5) is 1.70. The number of anilines is 1. The largest absolute Gasteiger partial charge is 0.416 e. The molecule has 4 heteroatoms. The van der Waals surface area contributed by atoms with E-state index in [9.17, 15) is 13.2 Å². The first-order valence-corrected chi connectivity index (χ1v) is 8.18. The number of hydrogen-bond acceptors (Lipinski definition) is 1. The van der Waals surface area contributed by atoms with Gasteiger partial charge < -0.3 is 4.90 Å². The molecule has 0 saturated heterocycles. The van der Waals surface area contributed by atoms with Gasteiger partial charge in [-0.1, -0.05) is 56.8 Å². The van der Waals surface area contributed by atoms with Gasteiger partial charge in [-0.05, 0) is 47.5 Å². The van der Waals surface area contributed by atoms with E-state index in [1.165, 1.54) is 6.07 Å². The molecule has 0 radical (unpaired) electrons. The van der Waals surface area contributed by atoms with Crippen LogP contribution in [0.3, 0.4) is 0 Å². The molecule has 25 heavy (non-hydrogen) atoms. The molecule has 0 saturated carbocycles. The van der Waals surface area contributed by atoms with Crippen LogP contribution < -0.4 is 4.90 Å². The van der Waals surface area contributed by atoms with Crippen LogP contribution in [0, 0.1) is 0 Å². The first-order valence-electron chi connectivity index (χ1n) is 8.18. The molecular formula is C21H22F3N. The Morgan fingerprint density at radius 1 is 1.12 bits per heavy atom. The van der Waals surface area contributed by atoms with Crippen LogP contribution in [0.2, 0.25) is 0 Å². The van der Waals surface area contributed by atoms with Gasteiger partial charge in [-0.2, -0.15) is 13.2 Å². The Labute approximate surface area is 147 Å². The third kappa shape index (κ3) is 4.99. The van der Waals surface area contributed by atoms with Gasteiger partial charge in [-0.3, -0.25) is 0 Å². The van der Waals surface area contributed by atoms with Gasteiger partial charge in [0.15, 0.2) is 0 Å². The summed E-state index contributed by atoms with van der Waals surface area (Å²) in [5, 5.41) is 0. The van der Waals surface area contributed by atoms with Crippen LogP contribution in [0.1, 0.15) is 36.5 Å². The highest BCUT2D eigenvalue weighted by atomic mass is 19.4. The minimum atomic E-state index is -4.36. The quantitative estimate of drug-likeness (QED) is 0.542. The van der Waals surface area contributed by atoms with Gasteiger partial charge in [-0.15, -0.1) is 0 Å². The van der Waals surface area contributed by atoms with Crippen molar-refractivity contribution in [3.8, 4) is 0 Å². The van der Waals surface area contributed by atoms with Crippen LogP contribution in [0.4, 0.5) is 18.9 Å². The summed E-state index contributed by atoms with van der Waals surface area (Å²) >= 11 is 0. The Morgan fingerprint density at radius 3 is 2.36 bits per heavy atom. The lowest BCUT2D eigenvalue weighted by atomic mass is 10.0. The van der Waals surface area contributed by atoms with Gasteiger partial charge in [0, 0.05) is 12.2 Å². The van der Waals surface area contributed by atoms with Gasteiger partial charge >= 0.3 is 6.18 Å². The molecule has 0 aromatic heterocycles. The first kappa shape index (κ1) is 18.8. The Bertz CT molecular complexity index is 730. The molecule has 0 spiro atoms. The number of benzene rings is 2. The zero-order valence-corrected chi connectivity index (χ0v) is 14.3. The lowest BCUT2D eigenvalue weighted by Gasteiger charge is -2.21. The van der Waals surface area contributed by atoms with Crippen LogP contribution in [0.5, 0.6) is 0 Å². The van der Waals surface area contributed by atoms with E-state index in [-0.39, 0.29) is 0 Å². The van der Waals surface area contributed by atoms with Crippen LogP contribution in [0.15, 0.2) is 67.9 Å². The fraction of sp³-hybridized carbons (Fsp3) is 0.238. The fourth-order valence-corrected chi connectivity index (χ4v) is 2.61. The van der Waals surface area contributed by atoms with E-state index in [0.29, 0.717) is 12.2 Å². The lowest BCUT2D eigenvalue weighted by Crippen LogP contribution is -2.16. The van der Waals surface area contributed by atoms with Crippen LogP contribution >= 0.6 is 0 Å². The molecule has 0 heterocycles. The molecule has 0 amide bonds. The van der Waals surface area contributed by atoms with Crippen molar-refractivity contribution in [2.45, 2.75) is 32.5 Å². The average molecular weight is 345 g/mol. The maximum Gasteiger partial charge on any atom is 0.416 e. The van der Waals surface area contributed by atoms with Crippen molar-refractivity contribution in [2.24, 2.45) is 0 Å². The Kier molecular flexibility index (Phi) is 6.07. The number of alkyl halides is 3. The maximum atomic E-state index is 12.9. The van der Waals surface area contributed by atoms with E-state index in [2.05, 4.69) is 20.1 Å². The second-order valence-corrected chi connectivity index (χ2v) is 5.91. The molecule has 0 aliphatic carbocycles. The van der Waals surface area contributed by atoms with Crippen LogP contribution in [0.25, 0.3) is 5.57 Å². The zero-order chi connectivity index (χ0) is 18.4. The molecule has 2 rings (SSSR count). The summed E-state index contributed by atoms with van der Waals surface area (Å²) in [5.74, 6) is 0. The summed E-state index contributed by atoms with van der Waals surface area (Å²) in [7, 11) is 0. The van der Waals surface area contributed by atoms with Gasteiger partial charge in [0.05, 0.1) is 5.56 Å². The standard InChI is InChI=1S/C21H22F3N/c1-4-7-16(3)18-12-10-17(11-13-18)15-25(5-2)20-9-6-8-19(14-20)21(22,23)24/h5-6,8-14H,2-4,7,15H2,1H3. The molecular weight excluding hydrogens is 323 g/mol. The Balaban J connectivity index is 2.17. The van der Waals surface area contributed by atoms with Crippen molar-refractivity contribution in [1.29, 1.82) is 0 Å². The molecule has 0 aliphatic rings. The molecule has 0 unspecified atom stereocenters. The number of rotatable bonds is 7. The minimum Gasteiger partial charge on any atom is -0.344 e. The maximum absolute atomic E-state index is 12.9. The van der Waals surface area contributed by atoms with Crippen molar-refractivity contribution < 1.29 is 13.2 Å². The van der Waals surface area contributed by atoms with Gasteiger partial charge in [0.25, 0.3) is 0 Å². The third-order valence-corrected chi connectivity index (χ3v) is 3.99. The average Bonchev–Trinajstić information content (AvgIpc) is 2.60. The predicted octanol–water partition coefficient (Wildman–Crippen LogP) is 6.67. The lowest BCUT2D eigenvalue weighted by molar-refractivity contribution is -0.137. The van der Waals surface area contributed by atoms with Crippen molar-refractivity contribution in [3.63, 3.8) is 0 Å². The van der Waals surface area contributed by atoms with E-state index in [4.69, 9.17) is 0 Å². The topological polar surface area (TPSA) is 3.24 Å². The van der Waals surface area contributed by atoms with E-state index < -0.39 is 11.7 Å². The van der Waals surface area contributed by atoms with Crippen molar-refractivity contribution in [1.82, 2.24) is 0 Å². The SMILES string of the molecule is C=CN(Cc1ccc(C(=C)CCC)cc1)c1cccc(C(F)(F)F)c1. The number of nitrogens with zero attached hydrogens (tertiary/aromatic N) is 1. The summed E-state index contributed by atoms with van der Waals surface area (Å²) in [6.45, 7) is 10.4. The highest BCUT2D eigenvalue weighted by Gasteiger charge is 2.30. The van der Waals surface area contributed by atoms with E-state index >= 15 is 0 Å². The van der Waals surface area contributed by atoms with Gasteiger partial charge in [0.2, 0.25) is 0 Å². The van der Waals surface area contributed by atoms with E-state index in [0.717, 1.165) is 41.7 Å². The summed E-state index contributed by atoms with van der Waals surface area (Å²) in [6.07, 6.45) is -0.827. The molecule has 2 aromatic rings. The van der Waals surface area contributed by atoms with Crippen LogP contribution in [-0.2, 0) is 12.7 Å². The number of allylic oxidation sites excluding steroid dienone is 1. The third-order valence-electron chi connectivity index (χ3n) is 3.99. The molecule has 2 aromatic carbocycles. The van der Waals surface area contributed by atoms with Crippen molar-refractivity contribution in [2.75, 3.05) is 4.90 Å². The molecule has 0 fully saturated rings. The smallest absolute Gasteiger partial charge is 0.344 e. The minimum absolute atomic E-state index is 0.450. The number of halogens is 3. The Hall–Kier alpha value is -2.49. The zero-order valence-electron chi connectivity index (χ0n) is 14.3. The van der Waals surface area contributed by atoms with E-state index in [1.54, 1.807) is 17.2 Å². The fourth-order valence-electron chi connectivity index (χ4n) is 2.61. The van der Waals surface area contributed by atoms with Gasteiger partial charge in [0.1, 0.15) is 0 Å². The molecule has 0 atom stereocenters. The summed E-state index contributed by atoms with van der Waals surface area (Å²) < 4.78 is 38.7. The molecule has 1 nitrogen and oxygen atoms in total. The molecule has 0 bridgehead atoms. The molecule has 132 valence electrons. The monoisotopic (exact) mass is 345 g/mol. The molecule has 0 aliphatic heterocycles. The first-order chi connectivity index (χ1) is 11.8. The number of hydrogen-bond donors (Lipinski definition) is 0. The van der Waals surface area contributed by atoms with Crippen LogP contribution in [-0.4, -0.2) is 0 Å². The Morgan fingerprint density at radius 2 is 1.80 bits per heavy atom. The summed E-state index contributed by atoms with van der Waals surface area (Å²) in [5.41, 5.74) is 2.97. The normalized spacial score (nSPS) is 11.2. The van der Waals surface area contributed by atoms with Crippen molar-refractivity contribution in [3.05, 3.63) is 84.6 Å². The highest BCUT2D eigenvalue weighted by molar-refractivity contribution is 5.63.